The summed E-state index contributed by atoms with van der Waals surface area (Å²) in [6.07, 6.45) is 3.59. The third-order valence-corrected chi connectivity index (χ3v) is 4.83. The van der Waals surface area contributed by atoms with Gasteiger partial charge in [0.05, 0.1) is 18.2 Å². The van der Waals surface area contributed by atoms with E-state index in [2.05, 4.69) is 35.7 Å². The molecule has 11 nitrogen and oxygen atoms in total. The molecule has 2 aromatic carbocycles. The predicted molar refractivity (Wildman–Crippen MR) is 122 cm³/mol. The summed E-state index contributed by atoms with van der Waals surface area (Å²) >= 11 is 0. The molecular weight excluding hydrogens is 412 g/mol. The van der Waals surface area contributed by atoms with Crippen molar-refractivity contribution in [1.29, 1.82) is 0 Å². The summed E-state index contributed by atoms with van der Waals surface area (Å²) < 4.78 is 5.26. The van der Waals surface area contributed by atoms with Gasteiger partial charge in [-0.1, -0.05) is 18.2 Å². The molecule has 0 saturated carbocycles. The molecule has 0 spiro atoms. The van der Waals surface area contributed by atoms with E-state index in [-0.39, 0.29) is 11.6 Å². The van der Waals surface area contributed by atoms with E-state index >= 15 is 0 Å². The SMILES string of the molecule is COc1ccc([N+](=O)[O-])cc1C=NNc1nc(Nc2ccccc2)nc(N2CCCC2)n1. The maximum Gasteiger partial charge on any atom is 0.270 e. The van der Waals surface area contributed by atoms with Crippen molar-refractivity contribution in [3.05, 3.63) is 64.2 Å². The standard InChI is InChI=1S/C21H22N8O3/c1-32-18-10-9-17(29(30)31)13-15(18)14-22-27-20-24-19(23-16-7-3-2-4-8-16)25-21(26-20)28-11-5-6-12-28/h2-4,7-10,13-14H,5-6,11-12H2,1H3,(H2,23,24,25,26,27). The molecule has 1 fully saturated rings. The second kappa shape index (κ2) is 9.69. The van der Waals surface area contributed by atoms with E-state index in [9.17, 15) is 10.1 Å². The fourth-order valence-corrected chi connectivity index (χ4v) is 3.28. The highest BCUT2D eigenvalue weighted by molar-refractivity contribution is 5.85. The normalized spacial score (nSPS) is 13.3. The maximum atomic E-state index is 11.1. The fourth-order valence-electron chi connectivity index (χ4n) is 3.28. The van der Waals surface area contributed by atoms with Gasteiger partial charge >= 0.3 is 0 Å². The molecule has 164 valence electrons. The molecule has 1 saturated heterocycles. The number of non-ortho nitro benzene ring substituents is 1. The molecule has 11 heteroatoms. The van der Waals surface area contributed by atoms with Gasteiger partial charge in [0.1, 0.15) is 5.75 Å². The Hall–Kier alpha value is -4.28. The minimum Gasteiger partial charge on any atom is -0.496 e. The third-order valence-electron chi connectivity index (χ3n) is 4.83. The molecule has 0 bridgehead atoms. The van der Waals surface area contributed by atoms with Gasteiger partial charge in [-0.15, -0.1) is 0 Å². The molecule has 0 amide bonds. The molecule has 1 aromatic heterocycles. The van der Waals surface area contributed by atoms with Gasteiger partial charge < -0.3 is 15.0 Å². The van der Waals surface area contributed by atoms with Crippen molar-refractivity contribution in [2.75, 3.05) is 35.8 Å². The lowest BCUT2D eigenvalue weighted by Gasteiger charge is -2.16. The lowest BCUT2D eigenvalue weighted by Crippen LogP contribution is -2.21. The van der Waals surface area contributed by atoms with Gasteiger partial charge in [-0.3, -0.25) is 10.1 Å². The van der Waals surface area contributed by atoms with Gasteiger partial charge in [0.2, 0.25) is 17.8 Å². The van der Waals surface area contributed by atoms with Gasteiger partial charge in [-0.25, -0.2) is 5.43 Å². The number of hydrogen-bond acceptors (Lipinski definition) is 10. The highest BCUT2D eigenvalue weighted by Crippen LogP contribution is 2.23. The number of nitrogens with zero attached hydrogens (tertiary/aromatic N) is 6. The van der Waals surface area contributed by atoms with Crippen LogP contribution in [0.2, 0.25) is 0 Å². The van der Waals surface area contributed by atoms with Crippen molar-refractivity contribution in [3.8, 4) is 5.75 Å². The van der Waals surface area contributed by atoms with Crippen LogP contribution in [0.3, 0.4) is 0 Å². The number of rotatable bonds is 8. The molecule has 1 aliphatic heterocycles. The number of benzene rings is 2. The Bertz CT molecular complexity index is 1120. The molecular formula is C21H22N8O3. The number of aromatic nitrogens is 3. The molecule has 0 aliphatic carbocycles. The van der Waals surface area contributed by atoms with Crippen LogP contribution in [0.5, 0.6) is 5.75 Å². The third kappa shape index (κ3) is 5.06. The van der Waals surface area contributed by atoms with Crippen LogP contribution in [0.15, 0.2) is 53.6 Å². The van der Waals surface area contributed by atoms with Gasteiger partial charge in [0.15, 0.2) is 0 Å². The van der Waals surface area contributed by atoms with E-state index in [4.69, 9.17) is 4.74 Å². The Kier molecular flexibility index (Phi) is 6.35. The Morgan fingerprint density at radius 1 is 1.09 bits per heavy atom. The largest absolute Gasteiger partial charge is 0.496 e. The Balaban J connectivity index is 1.58. The van der Waals surface area contributed by atoms with Crippen molar-refractivity contribution in [2.24, 2.45) is 5.10 Å². The van der Waals surface area contributed by atoms with Crippen molar-refractivity contribution >= 4 is 35.4 Å². The van der Waals surface area contributed by atoms with Crippen LogP contribution >= 0.6 is 0 Å². The molecule has 0 unspecified atom stereocenters. The molecule has 3 aromatic rings. The maximum absolute atomic E-state index is 11.1. The number of hydrogen-bond donors (Lipinski definition) is 2. The molecule has 0 atom stereocenters. The first-order valence-electron chi connectivity index (χ1n) is 10.1. The first-order valence-corrected chi connectivity index (χ1v) is 10.1. The quantitative estimate of drug-likeness (QED) is 0.310. The van der Waals surface area contributed by atoms with Gasteiger partial charge in [0, 0.05) is 36.5 Å². The van der Waals surface area contributed by atoms with E-state index in [1.807, 2.05) is 30.3 Å². The Labute approximate surface area is 184 Å². The number of hydrazone groups is 1. The van der Waals surface area contributed by atoms with Crippen molar-refractivity contribution in [1.82, 2.24) is 15.0 Å². The summed E-state index contributed by atoms with van der Waals surface area (Å²) in [6.45, 7) is 1.75. The van der Waals surface area contributed by atoms with Crippen LogP contribution in [0.25, 0.3) is 0 Å². The highest BCUT2D eigenvalue weighted by Gasteiger charge is 2.17. The lowest BCUT2D eigenvalue weighted by atomic mass is 10.2. The van der Waals surface area contributed by atoms with E-state index in [0.717, 1.165) is 31.6 Å². The second-order valence-corrected chi connectivity index (χ2v) is 7.02. The minimum atomic E-state index is -0.472. The Morgan fingerprint density at radius 2 is 1.84 bits per heavy atom. The van der Waals surface area contributed by atoms with Crippen molar-refractivity contribution < 1.29 is 9.66 Å². The molecule has 4 rings (SSSR count). The molecule has 0 radical (unpaired) electrons. The number of methoxy groups -OCH3 is 1. The number of para-hydroxylation sites is 1. The van der Waals surface area contributed by atoms with Crippen LogP contribution in [-0.4, -0.2) is 46.3 Å². The summed E-state index contributed by atoms with van der Waals surface area (Å²) in [5, 5.41) is 18.4. The molecule has 1 aliphatic rings. The lowest BCUT2D eigenvalue weighted by molar-refractivity contribution is -0.384. The van der Waals surface area contributed by atoms with E-state index in [1.54, 1.807) is 0 Å². The first kappa shape index (κ1) is 21.0. The average molecular weight is 434 g/mol. The average Bonchev–Trinajstić information content (AvgIpc) is 3.35. The Morgan fingerprint density at radius 3 is 2.56 bits per heavy atom. The second-order valence-electron chi connectivity index (χ2n) is 7.02. The van der Waals surface area contributed by atoms with Crippen molar-refractivity contribution in [2.45, 2.75) is 12.8 Å². The summed E-state index contributed by atoms with van der Waals surface area (Å²) in [4.78, 5) is 26.1. The van der Waals surface area contributed by atoms with Crippen LogP contribution in [0.1, 0.15) is 18.4 Å². The molecule has 2 N–H and O–H groups in total. The highest BCUT2D eigenvalue weighted by atomic mass is 16.6. The minimum absolute atomic E-state index is 0.0573. The van der Waals surface area contributed by atoms with Crippen LogP contribution in [-0.2, 0) is 0 Å². The smallest absolute Gasteiger partial charge is 0.270 e. The van der Waals surface area contributed by atoms with E-state index < -0.39 is 4.92 Å². The van der Waals surface area contributed by atoms with Crippen molar-refractivity contribution in [3.63, 3.8) is 0 Å². The first-order chi connectivity index (χ1) is 15.6. The summed E-state index contributed by atoms with van der Waals surface area (Å²) in [5.74, 6) is 1.65. The molecule has 2 heterocycles. The number of nitro groups is 1. The topological polar surface area (TPSA) is 131 Å². The van der Waals surface area contributed by atoms with Gasteiger partial charge in [0.25, 0.3) is 5.69 Å². The zero-order valence-electron chi connectivity index (χ0n) is 17.4. The zero-order chi connectivity index (χ0) is 22.3. The van der Waals surface area contributed by atoms with E-state index in [1.165, 1.54) is 31.5 Å². The summed E-state index contributed by atoms with van der Waals surface area (Å²) in [5.41, 5.74) is 4.04. The predicted octanol–water partition coefficient (Wildman–Crippen LogP) is 3.58. The van der Waals surface area contributed by atoms with Crippen LogP contribution in [0.4, 0.5) is 29.2 Å². The molecule has 32 heavy (non-hydrogen) atoms. The number of nitro benzene ring substituents is 1. The van der Waals surface area contributed by atoms with E-state index in [0.29, 0.717) is 23.2 Å². The van der Waals surface area contributed by atoms with Crippen LogP contribution in [0, 0.1) is 10.1 Å². The number of ether oxygens (including phenoxy) is 1. The summed E-state index contributed by atoms with van der Waals surface area (Å²) in [7, 11) is 1.49. The number of anilines is 4. The van der Waals surface area contributed by atoms with Crippen LogP contribution < -0.4 is 20.4 Å². The van der Waals surface area contributed by atoms with Gasteiger partial charge in [-0.2, -0.15) is 20.1 Å². The van der Waals surface area contributed by atoms with Gasteiger partial charge in [-0.05, 0) is 31.0 Å². The number of nitrogens with one attached hydrogen (secondary N) is 2. The zero-order valence-corrected chi connectivity index (χ0v) is 17.4. The summed E-state index contributed by atoms with van der Waals surface area (Å²) in [6, 6.07) is 13.9. The monoisotopic (exact) mass is 434 g/mol. The fraction of sp³-hybridized carbons (Fsp3) is 0.238.